The van der Waals surface area contributed by atoms with Gasteiger partial charge in [-0.05, 0) is 72.3 Å². The van der Waals surface area contributed by atoms with Crippen molar-refractivity contribution < 1.29 is 24.2 Å². The summed E-state index contributed by atoms with van der Waals surface area (Å²) in [6.45, 7) is 2.89. The normalized spacial score (nSPS) is 25.0. The van der Waals surface area contributed by atoms with E-state index in [-0.39, 0.29) is 30.8 Å². The molecule has 35 heavy (non-hydrogen) atoms. The summed E-state index contributed by atoms with van der Waals surface area (Å²) in [5, 5.41) is 18.4. The highest BCUT2D eigenvalue weighted by Gasteiger charge is 2.48. The van der Waals surface area contributed by atoms with Crippen LogP contribution in [0.25, 0.3) is 0 Å². The zero-order valence-corrected chi connectivity index (χ0v) is 20.2. The maximum Gasteiger partial charge on any atom is 0.306 e. The molecule has 6 heteroatoms. The van der Waals surface area contributed by atoms with Crippen molar-refractivity contribution in [2.24, 2.45) is 17.3 Å². The van der Waals surface area contributed by atoms with Gasteiger partial charge in [-0.15, -0.1) is 0 Å². The molecule has 0 amide bonds. The van der Waals surface area contributed by atoms with Crippen molar-refractivity contribution in [1.82, 2.24) is 0 Å². The highest BCUT2D eigenvalue weighted by Crippen LogP contribution is 2.56. The van der Waals surface area contributed by atoms with E-state index in [0.29, 0.717) is 24.9 Å². The van der Waals surface area contributed by atoms with Gasteiger partial charge in [0.05, 0.1) is 25.5 Å². The monoisotopic (exact) mass is 475 g/mol. The van der Waals surface area contributed by atoms with Crippen molar-refractivity contribution in [2.75, 3.05) is 6.61 Å². The van der Waals surface area contributed by atoms with Gasteiger partial charge in [0.2, 0.25) is 0 Å². The van der Waals surface area contributed by atoms with Gasteiger partial charge in [0, 0.05) is 11.8 Å². The number of hydrogen-bond acceptors (Lipinski definition) is 5. The molecular formula is C29H33NO5. The standard InChI is InChI=1S/C29H33NO5/c1-29(19-35-28(33)12-11-27(31)32)15-13-24-23-10-8-22(34-18-20-5-3-2-4-6-20)17-21(23)7-9-25(24)26(29)14-16-30/h2-6,8,10,17,24-26H,7,9,11-15,18-19H2,1H3,(H,31,32)/t24?,25?,26?,29-/m1/s1. The van der Waals surface area contributed by atoms with Crippen molar-refractivity contribution in [3.05, 3.63) is 65.2 Å². The van der Waals surface area contributed by atoms with E-state index in [1.54, 1.807) is 0 Å². The van der Waals surface area contributed by atoms with Crippen LogP contribution in [-0.2, 0) is 27.4 Å². The Balaban J connectivity index is 1.44. The third-order valence-electron chi connectivity index (χ3n) is 7.88. The molecule has 184 valence electrons. The number of benzene rings is 2. The first-order valence-electron chi connectivity index (χ1n) is 12.4. The summed E-state index contributed by atoms with van der Waals surface area (Å²) in [7, 11) is 0. The number of nitrogens with zero attached hydrogens (tertiary/aromatic N) is 1. The number of carbonyl (C=O) groups excluding carboxylic acids is 1. The molecule has 0 aliphatic heterocycles. The molecule has 3 unspecified atom stereocenters. The van der Waals surface area contributed by atoms with Crippen LogP contribution < -0.4 is 4.74 Å². The highest BCUT2D eigenvalue weighted by atomic mass is 16.5. The van der Waals surface area contributed by atoms with E-state index in [0.717, 1.165) is 37.0 Å². The summed E-state index contributed by atoms with van der Waals surface area (Å²) in [4.78, 5) is 22.8. The first kappa shape index (κ1) is 24.8. The van der Waals surface area contributed by atoms with Gasteiger partial charge in [0.1, 0.15) is 12.4 Å². The van der Waals surface area contributed by atoms with Crippen LogP contribution in [0.4, 0.5) is 0 Å². The number of rotatable bonds is 9. The molecule has 2 aromatic carbocycles. The maximum atomic E-state index is 12.1. The first-order chi connectivity index (χ1) is 16.9. The summed E-state index contributed by atoms with van der Waals surface area (Å²) in [5.74, 6) is 0.258. The summed E-state index contributed by atoms with van der Waals surface area (Å²) in [5.41, 5.74) is 3.54. The fourth-order valence-corrected chi connectivity index (χ4v) is 5.99. The minimum Gasteiger partial charge on any atom is -0.489 e. The van der Waals surface area contributed by atoms with Gasteiger partial charge in [0.15, 0.2) is 0 Å². The zero-order chi connectivity index (χ0) is 24.8. The van der Waals surface area contributed by atoms with Crippen molar-refractivity contribution >= 4 is 11.9 Å². The lowest BCUT2D eigenvalue weighted by Crippen LogP contribution is -2.45. The molecule has 0 saturated heterocycles. The topological polar surface area (TPSA) is 96.6 Å². The molecule has 1 fully saturated rings. The van der Waals surface area contributed by atoms with Gasteiger partial charge in [-0.2, -0.15) is 5.26 Å². The van der Waals surface area contributed by atoms with E-state index in [2.05, 4.69) is 43.3 Å². The second kappa shape index (κ2) is 10.9. The average molecular weight is 476 g/mol. The second-order valence-electron chi connectivity index (χ2n) is 10.2. The molecule has 4 rings (SSSR count). The number of hydrogen-bond donors (Lipinski definition) is 1. The number of aliphatic carboxylic acids is 1. The van der Waals surface area contributed by atoms with Crippen molar-refractivity contribution in [2.45, 2.75) is 64.4 Å². The number of nitriles is 1. The first-order valence-corrected chi connectivity index (χ1v) is 12.4. The number of ether oxygens (including phenoxy) is 2. The fourth-order valence-electron chi connectivity index (χ4n) is 5.99. The lowest BCUT2D eigenvalue weighted by atomic mass is 9.54. The molecule has 6 nitrogen and oxygen atoms in total. The van der Waals surface area contributed by atoms with Crippen LogP contribution in [0.2, 0.25) is 0 Å². The Labute approximate surface area is 206 Å². The van der Waals surface area contributed by atoms with Gasteiger partial charge in [-0.3, -0.25) is 9.59 Å². The lowest BCUT2D eigenvalue weighted by Gasteiger charge is -2.51. The molecule has 0 spiro atoms. The summed E-state index contributed by atoms with van der Waals surface area (Å²) < 4.78 is 11.6. The number of fused-ring (bicyclic) bond motifs is 3. The highest BCUT2D eigenvalue weighted by molar-refractivity contribution is 5.76. The molecule has 0 bridgehead atoms. The average Bonchev–Trinajstić information content (AvgIpc) is 2.87. The molecule has 1 N–H and O–H groups in total. The summed E-state index contributed by atoms with van der Waals surface area (Å²) in [6, 6.07) is 18.9. The number of carboxylic acids is 1. The van der Waals surface area contributed by atoms with Gasteiger partial charge < -0.3 is 14.6 Å². The Hall–Kier alpha value is -3.33. The minimum absolute atomic E-state index is 0.123. The lowest BCUT2D eigenvalue weighted by molar-refractivity contribution is -0.153. The molecule has 0 heterocycles. The van der Waals surface area contributed by atoms with E-state index < -0.39 is 11.9 Å². The van der Waals surface area contributed by atoms with Gasteiger partial charge in [-0.25, -0.2) is 0 Å². The number of esters is 1. The fraction of sp³-hybridized carbons (Fsp3) is 0.483. The van der Waals surface area contributed by atoms with Crippen molar-refractivity contribution in [1.29, 1.82) is 5.26 Å². The number of carboxylic acid groups (broad SMARTS) is 1. The molecule has 1 saturated carbocycles. The van der Waals surface area contributed by atoms with Crippen LogP contribution in [0.15, 0.2) is 48.5 Å². The van der Waals surface area contributed by atoms with E-state index in [9.17, 15) is 14.9 Å². The van der Waals surface area contributed by atoms with E-state index in [4.69, 9.17) is 14.6 Å². The molecule has 2 aliphatic rings. The zero-order valence-electron chi connectivity index (χ0n) is 20.2. The molecular weight excluding hydrogens is 442 g/mol. The Kier molecular flexibility index (Phi) is 7.75. The predicted molar refractivity (Wildman–Crippen MR) is 131 cm³/mol. The van der Waals surface area contributed by atoms with Gasteiger partial charge in [0.25, 0.3) is 0 Å². The van der Waals surface area contributed by atoms with Crippen molar-refractivity contribution in [3.63, 3.8) is 0 Å². The molecule has 2 aliphatic carbocycles. The van der Waals surface area contributed by atoms with Crippen LogP contribution in [0, 0.1) is 28.6 Å². The predicted octanol–water partition coefficient (Wildman–Crippen LogP) is 5.65. The molecule has 0 aromatic heterocycles. The SMILES string of the molecule is C[C@]1(COC(=O)CCC(=O)O)CCC2c3ccc(OCc4ccccc4)cc3CCC2C1CC#N. The number of carbonyl (C=O) groups is 2. The Bertz CT molecular complexity index is 1090. The van der Waals surface area contributed by atoms with E-state index in [1.807, 2.05) is 18.2 Å². The molecule has 4 atom stereocenters. The summed E-state index contributed by atoms with van der Waals surface area (Å²) in [6.07, 6.45) is 3.85. The van der Waals surface area contributed by atoms with Crippen molar-refractivity contribution in [3.8, 4) is 11.8 Å². The number of aryl methyl sites for hydroxylation is 1. The Morgan fingerprint density at radius 1 is 1.14 bits per heavy atom. The van der Waals surface area contributed by atoms with Crippen LogP contribution in [0.5, 0.6) is 5.75 Å². The summed E-state index contributed by atoms with van der Waals surface area (Å²) >= 11 is 0. The van der Waals surface area contributed by atoms with Crippen LogP contribution in [-0.4, -0.2) is 23.7 Å². The maximum absolute atomic E-state index is 12.1. The third-order valence-corrected chi connectivity index (χ3v) is 7.88. The van der Waals surface area contributed by atoms with Crippen LogP contribution in [0.3, 0.4) is 0 Å². The van der Waals surface area contributed by atoms with Gasteiger partial charge in [-0.1, -0.05) is 43.3 Å². The van der Waals surface area contributed by atoms with E-state index >= 15 is 0 Å². The molecule has 2 aromatic rings. The smallest absolute Gasteiger partial charge is 0.306 e. The van der Waals surface area contributed by atoms with Gasteiger partial charge >= 0.3 is 11.9 Å². The largest absolute Gasteiger partial charge is 0.489 e. The van der Waals surface area contributed by atoms with E-state index in [1.165, 1.54) is 11.1 Å². The minimum atomic E-state index is -1.01. The quantitative estimate of drug-likeness (QED) is 0.471. The molecule has 0 radical (unpaired) electrons. The second-order valence-corrected chi connectivity index (χ2v) is 10.2. The third kappa shape index (κ3) is 5.85. The Morgan fingerprint density at radius 3 is 2.69 bits per heavy atom. The Morgan fingerprint density at radius 2 is 1.94 bits per heavy atom. The van der Waals surface area contributed by atoms with Crippen LogP contribution >= 0.6 is 0 Å². The van der Waals surface area contributed by atoms with Crippen LogP contribution in [0.1, 0.15) is 68.1 Å².